The number of β-amino-alcohol motifs (C(OH)–C–C–N with tert-alkyl or cyclic N) is 3. The molecule has 27 heavy (non-hydrogen) atoms. The van der Waals surface area contributed by atoms with Gasteiger partial charge in [-0.25, -0.2) is 0 Å². The number of rotatable bonds is 5. The van der Waals surface area contributed by atoms with Gasteiger partial charge in [0, 0.05) is 13.1 Å². The summed E-state index contributed by atoms with van der Waals surface area (Å²) in [5.41, 5.74) is 6.19. The van der Waals surface area contributed by atoms with Gasteiger partial charge in [-0.2, -0.15) is 0 Å². The Labute approximate surface area is 156 Å². The molecule has 0 aliphatic carbocycles. The fourth-order valence-corrected chi connectivity index (χ4v) is 3.82. The van der Waals surface area contributed by atoms with Gasteiger partial charge in [0.05, 0.1) is 30.9 Å². The van der Waals surface area contributed by atoms with Crippen LogP contribution in [0.3, 0.4) is 0 Å². The number of primary amides is 1. The first-order chi connectivity index (χ1) is 12.8. The summed E-state index contributed by atoms with van der Waals surface area (Å²) in [5.74, 6) is -1.38. The van der Waals surface area contributed by atoms with Crippen molar-refractivity contribution in [3.8, 4) is 0 Å². The number of hydrogen-bond donors (Lipinski definition) is 5. The van der Waals surface area contributed by atoms with Crippen molar-refractivity contribution in [3.63, 3.8) is 0 Å². The molecule has 2 heterocycles. The van der Waals surface area contributed by atoms with Crippen LogP contribution >= 0.6 is 0 Å². The minimum Gasteiger partial charge on any atom is -0.389 e. The minimum atomic E-state index is -1.45. The van der Waals surface area contributed by atoms with Gasteiger partial charge < -0.3 is 31.1 Å². The monoisotopic (exact) mass is 379 g/mol. The molecule has 2 amide bonds. The van der Waals surface area contributed by atoms with E-state index >= 15 is 0 Å². The fraction of sp³-hybridized carbons (Fsp3) is 0.556. The molecule has 148 valence electrons. The van der Waals surface area contributed by atoms with Crippen molar-refractivity contribution < 1.29 is 30.0 Å². The van der Waals surface area contributed by atoms with E-state index in [1.54, 1.807) is 4.90 Å². The number of nitrogens with zero attached hydrogens (tertiary/aromatic N) is 2. The predicted octanol–water partition coefficient (Wildman–Crippen LogP) is -2.95. The summed E-state index contributed by atoms with van der Waals surface area (Å²) in [6.07, 6.45) is -4.37. The second-order valence-electron chi connectivity index (χ2n) is 7.19. The number of carbonyl (C=O) groups is 2. The van der Waals surface area contributed by atoms with Gasteiger partial charge in [-0.3, -0.25) is 14.5 Å². The summed E-state index contributed by atoms with van der Waals surface area (Å²) in [6, 6.07) is 7.12. The van der Waals surface area contributed by atoms with Crippen LogP contribution in [0.2, 0.25) is 0 Å². The van der Waals surface area contributed by atoms with Crippen LogP contribution in [0.4, 0.5) is 0 Å². The molecule has 2 saturated heterocycles. The largest absolute Gasteiger partial charge is 0.389 e. The number of aliphatic hydroxyl groups excluding tert-OH is 4. The molecular formula is C18H25N3O6. The van der Waals surface area contributed by atoms with Crippen molar-refractivity contribution in [2.24, 2.45) is 5.73 Å². The Balaban J connectivity index is 1.87. The Bertz CT molecular complexity index is 677. The third-order valence-corrected chi connectivity index (χ3v) is 5.30. The molecule has 2 aliphatic heterocycles. The van der Waals surface area contributed by atoms with E-state index in [0.29, 0.717) is 0 Å². The first-order valence-electron chi connectivity index (χ1n) is 8.89. The van der Waals surface area contributed by atoms with Crippen molar-refractivity contribution in [2.45, 2.75) is 42.9 Å². The average molecular weight is 379 g/mol. The highest BCUT2D eigenvalue weighted by molar-refractivity contribution is 5.90. The van der Waals surface area contributed by atoms with E-state index in [-0.39, 0.29) is 26.1 Å². The summed E-state index contributed by atoms with van der Waals surface area (Å²) in [7, 11) is 0. The molecule has 0 aromatic heterocycles. The van der Waals surface area contributed by atoms with Crippen LogP contribution in [-0.2, 0) is 16.0 Å². The molecule has 0 spiro atoms. The normalized spacial score (nSPS) is 32.6. The molecular weight excluding hydrogens is 354 g/mol. The lowest BCUT2D eigenvalue weighted by molar-refractivity contribution is -0.143. The van der Waals surface area contributed by atoms with Crippen molar-refractivity contribution in [3.05, 3.63) is 35.9 Å². The van der Waals surface area contributed by atoms with E-state index in [0.717, 1.165) is 10.5 Å². The van der Waals surface area contributed by atoms with Crippen molar-refractivity contribution in [1.82, 2.24) is 9.80 Å². The number of amides is 2. The Morgan fingerprint density at radius 1 is 1.00 bits per heavy atom. The molecule has 1 unspecified atom stereocenters. The van der Waals surface area contributed by atoms with Gasteiger partial charge in [0.2, 0.25) is 11.8 Å². The maximum atomic E-state index is 13.2. The second-order valence-corrected chi connectivity index (χ2v) is 7.19. The number of hydrogen-bond acceptors (Lipinski definition) is 7. The zero-order valence-electron chi connectivity index (χ0n) is 14.8. The van der Waals surface area contributed by atoms with Crippen LogP contribution in [0.15, 0.2) is 30.3 Å². The third kappa shape index (κ3) is 3.97. The van der Waals surface area contributed by atoms with Gasteiger partial charge in [-0.1, -0.05) is 30.3 Å². The molecule has 2 aliphatic rings. The molecule has 1 aromatic rings. The molecule has 2 fully saturated rings. The van der Waals surface area contributed by atoms with Crippen LogP contribution < -0.4 is 5.73 Å². The average Bonchev–Trinajstić information content (AvgIpc) is 3.12. The quantitative estimate of drug-likeness (QED) is 0.367. The summed E-state index contributed by atoms with van der Waals surface area (Å²) in [5, 5.41) is 39.7. The van der Waals surface area contributed by atoms with E-state index in [1.807, 2.05) is 30.3 Å². The van der Waals surface area contributed by atoms with Crippen LogP contribution in [0.25, 0.3) is 0 Å². The van der Waals surface area contributed by atoms with Crippen LogP contribution in [-0.4, -0.2) is 98.2 Å². The van der Waals surface area contributed by atoms with Crippen LogP contribution in [0.1, 0.15) is 5.56 Å². The van der Waals surface area contributed by atoms with Gasteiger partial charge in [0.1, 0.15) is 12.1 Å². The smallest absolute Gasteiger partial charge is 0.243 e. The van der Waals surface area contributed by atoms with E-state index in [2.05, 4.69) is 0 Å². The maximum Gasteiger partial charge on any atom is 0.243 e. The molecule has 1 aromatic carbocycles. The highest BCUT2D eigenvalue weighted by Gasteiger charge is 2.48. The summed E-state index contributed by atoms with van der Waals surface area (Å²) < 4.78 is 0. The molecule has 6 N–H and O–H groups in total. The van der Waals surface area contributed by atoms with Gasteiger partial charge in [0.15, 0.2) is 0 Å². The maximum absolute atomic E-state index is 13.2. The molecule has 0 bridgehead atoms. The number of likely N-dealkylation sites (tertiary alicyclic amines) is 2. The van der Waals surface area contributed by atoms with E-state index in [9.17, 15) is 30.0 Å². The summed E-state index contributed by atoms with van der Waals surface area (Å²) in [6.45, 7) is -0.00692. The topological polar surface area (TPSA) is 148 Å². The third-order valence-electron chi connectivity index (χ3n) is 5.30. The Morgan fingerprint density at radius 3 is 2.15 bits per heavy atom. The number of benzene rings is 1. The minimum absolute atomic E-state index is 0.102. The van der Waals surface area contributed by atoms with Gasteiger partial charge >= 0.3 is 0 Å². The predicted molar refractivity (Wildman–Crippen MR) is 94.2 cm³/mol. The zero-order chi connectivity index (χ0) is 19.7. The van der Waals surface area contributed by atoms with Gasteiger partial charge in [-0.05, 0) is 12.0 Å². The van der Waals surface area contributed by atoms with E-state index in [1.165, 1.54) is 0 Å². The zero-order valence-corrected chi connectivity index (χ0v) is 14.8. The second kappa shape index (κ2) is 7.91. The lowest BCUT2D eigenvalue weighted by atomic mass is 10.0. The summed E-state index contributed by atoms with van der Waals surface area (Å²) in [4.78, 5) is 27.7. The lowest BCUT2D eigenvalue weighted by Crippen LogP contribution is -2.55. The van der Waals surface area contributed by atoms with Crippen molar-refractivity contribution >= 4 is 11.8 Å². The molecule has 0 saturated carbocycles. The number of aliphatic hydroxyl groups is 4. The SMILES string of the molecule is NC(=O)C1[C@@H](O)[C@@H](O)CN1C(=O)[C@H](Cc1ccccc1)N1C[C@@H](O)[C@@H](O)C1. The number of carbonyl (C=O) groups excluding carboxylic acids is 2. The molecule has 0 radical (unpaired) electrons. The Kier molecular flexibility index (Phi) is 5.78. The molecule has 9 heteroatoms. The van der Waals surface area contributed by atoms with E-state index < -0.39 is 48.3 Å². The van der Waals surface area contributed by atoms with Crippen LogP contribution in [0, 0.1) is 0 Å². The van der Waals surface area contributed by atoms with Crippen LogP contribution in [0.5, 0.6) is 0 Å². The first kappa shape index (κ1) is 19.7. The standard InChI is InChI=1S/C18H25N3O6/c19-17(26)15-16(25)14(24)9-21(15)18(27)11(6-10-4-2-1-3-5-10)20-7-12(22)13(23)8-20/h1-5,11-16,22-25H,6-9H2,(H2,19,26)/t11-,12-,13+,14-,15?,16-/m0/s1. The van der Waals surface area contributed by atoms with Crippen molar-refractivity contribution in [2.75, 3.05) is 19.6 Å². The summed E-state index contributed by atoms with van der Waals surface area (Å²) >= 11 is 0. The highest BCUT2D eigenvalue weighted by atomic mass is 16.3. The van der Waals surface area contributed by atoms with Gasteiger partial charge in [0.25, 0.3) is 0 Å². The van der Waals surface area contributed by atoms with E-state index in [4.69, 9.17) is 5.73 Å². The molecule has 6 atom stereocenters. The number of nitrogens with two attached hydrogens (primary N) is 1. The Morgan fingerprint density at radius 2 is 1.59 bits per heavy atom. The molecule has 9 nitrogen and oxygen atoms in total. The van der Waals surface area contributed by atoms with Gasteiger partial charge in [-0.15, -0.1) is 0 Å². The first-order valence-corrected chi connectivity index (χ1v) is 8.89. The lowest BCUT2D eigenvalue weighted by Gasteiger charge is -2.32. The fourth-order valence-electron chi connectivity index (χ4n) is 3.82. The Hall–Kier alpha value is -2.04. The van der Waals surface area contributed by atoms with Crippen molar-refractivity contribution in [1.29, 1.82) is 0 Å². The molecule has 3 rings (SSSR count). The highest BCUT2D eigenvalue weighted by Crippen LogP contribution is 2.24.